The van der Waals surface area contributed by atoms with Crippen molar-refractivity contribution in [3.05, 3.63) is 65.7 Å². The van der Waals surface area contributed by atoms with Crippen molar-refractivity contribution in [1.82, 2.24) is 10.2 Å². The average Bonchev–Trinajstić information content (AvgIpc) is 3.00. The van der Waals surface area contributed by atoms with E-state index >= 15 is 0 Å². The van der Waals surface area contributed by atoms with Crippen LogP contribution in [0.4, 0.5) is 0 Å². The lowest BCUT2D eigenvalue weighted by molar-refractivity contribution is 0.303. The van der Waals surface area contributed by atoms with Crippen LogP contribution in [-0.2, 0) is 6.61 Å². The van der Waals surface area contributed by atoms with Gasteiger partial charge in [0.25, 0.3) is 0 Å². The van der Waals surface area contributed by atoms with Crippen LogP contribution in [-0.4, -0.2) is 23.1 Å². The van der Waals surface area contributed by atoms with Crippen LogP contribution < -0.4 is 10.1 Å². The lowest BCUT2D eigenvalue weighted by Crippen LogP contribution is -2.30. The molecule has 0 radical (unpaired) electrons. The first-order chi connectivity index (χ1) is 11.8. The topological polar surface area (TPSA) is 24.5 Å². The Kier molecular flexibility index (Phi) is 5.70. The molecule has 3 rings (SSSR count). The standard InChI is InChI=1S/C20H24N2OS/c1-2-3-12-22-19(14-21-20(22)24)17-10-7-11-18(13-17)23-15-16-8-5-4-6-9-16/h4-11,13,19H,2-3,12,14-15H2,1H3,(H,21,24). The van der Waals surface area contributed by atoms with Gasteiger partial charge in [-0.15, -0.1) is 0 Å². The highest BCUT2D eigenvalue weighted by Gasteiger charge is 2.28. The van der Waals surface area contributed by atoms with Gasteiger partial charge in [0.15, 0.2) is 5.11 Å². The van der Waals surface area contributed by atoms with Crippen molar-refractivity contribution in [2.24, 2.45) is 0 Å². The van der Waals surface area contributed by atoms with E-state index in [1.54, 1.807) is 0 Å². The summed E-state index contributed by atoms with van der Waals surface area (Å²) >= 11 is 5.46. The minimum Gasteiger partial charge on any atom is -0.489 e. The van der Waals surface area contributed by atoms with E-state index in [2.05, 4.69) is 47.5 Å². The van der Waals surface area contributed by atoms with E-state index in [0.717, 1.165) is 30.4 Å². The second kappa shape index (κ2) is 8.15. The number of hydrogen-bond acceptors (Lipinski definition) is 2. The molecule has 1 N–H and O–H groups in total. The molecule has 1 unspecified atom stereocenters. The zero-order chi connectivity index (χ0) is 16.8. The summed E-state index contributed by atoms with van der Waals surface area (Å²) in [6.07, 6.45) is 2.33. The van der Waals surface area contributed by atoms with Crippen molar-refractivity contribution in [1.29, 1.82) is 0 Å². The van der Waals surface area contributed by atoms with Crippen molar-refractivity contribution < 1.29 is 4.74 Å². The first-order valence-electron chi connectivity index (χ1n) is 8.59. The molecule has 0 saturated carbocycles. The molecular formula is C20H24N2OS. The Balaban J connectivity index is 1.69. The van der Waals surface area contributed by atoms with Gasteiger partial charge in [-0.05, 0) is 41.9 Å². The third kappa shape index (κ3) is 4.06. The molecule has 126 valence electrons. The second-order valence-corrected chi connectivity index (χ2v) is 6.48. The van der Waals surface area contributed by atoms with Gasteiger partial charge in [-0.2, -0.15) is 0 Å². The molecule has 0 aliphatic carbocycles. The summed E-state index contributed by atoms with van der Waals surface area (Å²) in [6, 6.07) is 18.9. The fourth-order valence-corrected chi connectivity index (χ4v) is 3.28. The minimum atomic E-state index is 0.296. The van der Waals surface area contributed by atoms with E-state index in [1.807, 2.05) is 24.3 Å². The Hall–Kier alpha value is -2.07. The lowest BCUT2D eigenvalue weighted by Gasteiger charge is -2.25. The average molecular weight is 340 g/mol. The Morgan fingerprint density at radius 2 is 2.00 bits per heavy atom. The quantitative estimate of drug-likeness (QED) is 0.760. The Bertz CT molecular complexity index is 674. The summed E-state index contributed by atoms with van der Waals surface area (Å²) in [5, 5.41) is 4.19. The van der Waals surface area contributed by atoms with Gasteiger partial charge >= 0.3 is 0 Å². The van der Waals surface area contributed by atoms with Gasteiger partial charge in [0.05, 0.1) is 6.04 Å². The van der Waals surface area contributed by atoms with Crippen molar-refractivity contribution in [3.63, 3.8) is 0 Å². The maximum Gasteiger partial charge on any atom is 0.169 e. The molecule has 2 aromatic rings. The molecule has 0 amide bonds. The Morgan fingerprint density at radius 3 is 2.79 bits per heavy atom. The molecule has 0 spiro atoms. The maximum absolute atomic E-state index is 5.96. The fraction of sp³-hybridized carbons (Fsp3) is 0.350. The molecule has 3 nitrogen and oxygen atoms in total. The van der Waals surface area contributed by atoms with Crippen molar-refractivity contribution >= 4 is 17.3 Å². The van der Waals surface area contributed by atoms with Gasteiger partial charge in [0, 0.05) is 13.1 Å². The minimum absolute atomic E-state index is 0.296. The van der Waals surface area contributed by atoms with E-state index < -0.39 is 0 Å². The Labute approximate surface area is 149 Å². The highest BCUT2D eigenvalue weighted by Crippen LogP contribution is 2.28. The zero-order valence-electron chi connectivity index (χ0n) is 14.1. The van der Waals surface area contributed by atoms with Crippen LogP contribution in [0.25, 0.3) is 0 Å². The molecule has 2 aromatic carbocycles. The van der Waals surface area contributed by atoms with Crippen LogP contribution in [0.2, 0.25) is 0 Å². The number of nitrogens with zero attached hydrogens (tertiary/aromatic N) is 1. The number of hydrogen-bond donors (Lipinski definition) is 1. The molecule has 24 heavy (non-hydrogen) atoms. The third-order valence-electron chi connectivity index (χ3n) is 4.33. The molecule has 1 heterocycles. The van der Waals surface area contributed by atoms with Crippen LogP contribution in [0.3, 0.4) is 0 Å². The second-order valence-electron chi connectivity index (χ2n) is 6.10. The number of benzene rings is 2. The first kappa shape index (κ1) is 16.8. The number of thiocarbonyl (C=S) groups is 1. The van der Waals surface area contributed by atoms with E-state index in [4.69, 9.17) is 17.0 Å². The normalized spacial score (nSPS) is 17.0. The Morgan fingerprint density at radius 1 is 1.17 bits per heavy atom. The SMILES string of the molecule is CCCCN1C(=S)NCC1c1cccc(OCc2ccccc2)c1. The summed E-state index contributed by atoms with van der Waals surface area (Å²) in [7, 11) is 0. The van der Waals surface area contributed by atoms with Crippen molar-refractivity contribution in [2.45, 2.75) is 32.4 Å². The van der Waals surface area contributed by atoms with Crippen LogP contribution in [0.15, 0.2) is 54.6 Å². The maximum atomic E-state index is 5.96. The summed E-state index contributed by atoms with van der Waals surface area (Å²) in [5.41, 5.74) is 2.43. The van der Waals surface area contributed by atoms with E-state index in [9.17, 15) is 0 Å². The number of ether oxygens (including phenoxy) is 1. The van der Waals surface area contributed by atoms with Crippen LogP contribution in [0, 0.1) is 0 Å². The zero-order valence-corrected chi connectivity index (χ0v) is 14.9. The smallest absolute Gasteiger partial charge is 0.169 e. The molecule has 0 aromatic heterocycles. The largest absolute Gasteiger partial charge is 0.489 e. The predicted molar refractivity (Wildman–Crippen MR) is 102 cm³/mol. The molecule has 1 saturated heterocycles. The van der Waals surface area contributed by atoms with E-state index in [1.165, 1.54) is 17.5 Å². The summed E-state index contributed by atoms with van der Waals surface area (Å²) in [5.74, 6) is 0.907. The monoisotopic (exact) mass is 340 g/mol. The van der Waals surface area contributed by atoms with E-state index in [0.29, 0.717) is 12.6 Å². The van der Waals surface area contributed by atoms with Gasteiger partial charge in [-0.3, -0.25) is 0 Å². The van der Waals surface area contributed by atoms with Crippen LogP contribution in [0.1, 0.15) is 36.9 Å². The molecule has 1 fully saturated rings. The van der Waals surface area contributed by atoms with Gasteiger partial charge < -0.3 is 15.0 Å². The van der Waals surface area contributed by atoms with Crippen molar-refractivity contribution in [3.8, 4) is 5.75 Å². The molecule has 1 atom stereocenters. The summed E-state index contributed by atoms with van der Waals surface area (Å²) in [4.78, 5) is 2.30. The molecule has 1 aliphatic rings. The van der Waals surface area contributed by atoms with Gasteiger partial charge in [0.2, 0.25) is 0 Å². The fourth-order valence-electron chi connectivity index (χ4n) is 2.97. The van der Waals surface area contributed by atoms with Crippen molar-refractivity contribution in [2.75, 3.05) is 13.1 Å². The molecule has 4 heteroatoms. The van der Waals surface area contributed by atoms with Crippen LogP contribution >= 0.6 is 12.2 Å². The molecule has 1 aliphatic heterocycles. The highest BCUT2D eigenvalue weighted by molar-refractivity contribution is 7.80. The third-order valence-corrected chi connectivity index (χ3v) is 4.71. The first-order valence-corrected chi connectivity index (χ1v) is 9.00. The van der Waals surface area contributed by atoms with E-state index in [-0.39, 0.29) is 0 Å². The highest BCUT2D eigenvalue weighted by atomic mass is 32.1. The predicted octanol–water partition coefficient (Wildman–Crippen LogP) is 4.30. The van der Waals surface area contributed by atoms with Gasteiger partial charge in [-0.1, -0.05) is 55.8 Å². The van der Waals surface area contributed by atoms with Gasteiger partial charge in [0.1, 0.15) is 12.4 Å². The number of nitrogens with one attached hydrogen (secondary N) is 1. The van der Waals surface area contributed by atoms with Crippen LogP contribution in [0.5, 0.6) is 5.75 Å². The number of unbranched alkanes of at least 4 members (excludes halogenated alkanes) is 1. The molecular weight excluding hydrogens is 316 g/mol. The van der Waals surface area contributed by atoms with Gasteiger partial charge in [-0.25, -0.2) is 0 Å². The lowest BCUT2D eigenvalue weighted by atomic mass is 10.1. The number of rotatable bonds is 7. The molecule has 0 bridgehead atoms. The summed E-state index contributed by atoms with van der Waals surface area (Å²) in [6.45, 7) is 4.66. The summed E-state index contributed by atoms with van der Waals surface area (Å²) < 4.78 is 5.96.